The minimum atomic E-state index is -0.380. The largest absolute Gasteiger partial charge is 0.272 e. The summed E-state index contributed by atoms with van der Waals surface area (Å²) in [7, 11) is 0. The highest BCUT2D eigenvalue weighted by Crippen LogP contribution is 2.11. The van der Waals surface area contributed by atoms with Gasteiger partial charge in [-0.05, 0) is 40.8 Å². The molecule has 1 N–H and O–H groups in total. The maximum Gasteiger partial charge on any atom is 0.272 e. The molecule has 0 unspecified atom stereocenters. The van der Waals surface area contributed by atoms with Crippen molar-refractivity contribution in [3.05, 3.63) is 69.0 Å². The minimum Gasteiger partial charge on any atom is -0.267 e. The van der Waals surface area contributed by atoms with Crippen LogP contribution >= 0.6 is 22.6 Å². The standard InChI is InChI=1S/C14H10FIN2O/c15-12-7-3-1-5-10(12)9-17-18-14(19)11-6-2-4-8-13(11)16/h1-9H,(H,18,19)/b17-9+. The van der Waals surface area contributed by atoms with Crippen molar-refractivity contribution in [1.82, 2.24) is 5.43 Å². The molecule has 0 spiro atoms. The Labute approximate surface area is 123 Å². The second-order valence-corrected chi connectivity index (χ2v) is 4.86. The second-order valence-electron chi connectivity index (χ2n) is 3.70. The van der Waals surface area contributed by atoms with Gasteiger partial charge in [0.25, 0.3) is 5.91 Å². The number of hydrazone groups is 1. The van der Waals surface area contributed by atoms with Crippen molar-refractivity contribution in [3.8, 4) is 0 Å². The van der Waals surface area contributed by atoms with Crippen LogP contribution in [0.5, 0.6) is 0 Å². The maximum atomic E-state index is 13.3. The molecule has 0 atom stereocenters. The third-order valence-corrected chi connectivity index (χ3v) is 3.33. The monoisotopic (exact) mass is 368 g/mol. The zero-order valence-corrected chi connectivity index (χ0v) is 12.0. The van der Waals surface area contributed by atoms with Crippen molar-refractivity contribution in [2.75, 3.05) is 0 Å². The number of nitrogens with zero attached hydrogens (tertiary/aromatic N) is 1. The quantitative estimate of drug-likeness (QED) is 0.505. The number of nitrogens with one attached hydrogen (secondary N) is 1. The molecule has 3 nitrogen and oxygen atoms in total. The highest BCUT2D eigenvalue weighted by molar-refractivity contribution is 14.1. The van der Waals surface area contributed by atoms with Crippen LogP contribution in [0.2, 0.25) is 0 Å². The van der Waals surface area contributed by atoms with Crippen molar-refractivity contribution in [1.29, 1.82) is 0 Å². The first-order valence-corrected chi connectivity index (χ1v) is 6.59. The van der Waals surface area contributed by atoms with Gasteiger partial charge in [0.1, 0.15) is 5.82 Å². The lowest BCUT2D eigenvalue weighted by molar-refractivity contribution is 0.0954. The predicted molar refractivity (Wildman–Crippen MR) is 80.6 cm³/mol. The molecule has 0 fully saturated rings. The molecular formula is C14H10FIN2O. The zero-order valence-electron chi connectivity index (χ0n) is 9.81. The summed E-state index contributed by atoms with van der Waals surface area (Å²) in [5.41, 5.74) is 3.24. The van der Waals surface area contributed by atoms with Crippen molar-refractivity contribution >= 4 is 34.7 Å². The SMILES string of the molecule is O=C(N/N=C/c1ccccc1F)c1ccccc1I. The number of carbonyl (C=O) groups excluding carboxylic acids is 1. The van der Waals surface area contributed by atoms with E-state index in [0.717, 1.165) is 3.57 Å². The number of carbonyl (C=O) groups is 1. The molecular weight excluding hydrogens is 358 g/mol. The van der Waals surface area contributed by atoms with E-state index < -0.39 is 0 Å². The Kier molecular flexibility index (Phi) is 4.62. The molecule has 1 amide bonds. The van der Waals surface area contributed by atoms with Crippen LogP contribution in [0.15, 0.2) is 53.6 Å². The van der Waals surface area contributed by atoms with E-state index >= 15 is 0 Å². The molecule has 2 rings (SSSR count). The van der Waals surface area contributed by atoms with Crippen LogP contribution in [-0.4, -0.2) is 12.1 Å². The lowest BCUT2D eigenvalue weighted by Gasteiger charge is -2.02. The fraction of sp³-hybridized carbons (Fsp3) is 0. The molecule has 0 bridgehead atoms. The van der Waals surface area contributed by atoms with E-state index in [0.29, 0.717) is 11.1 Å². The van der Waals surface area contributed by atoms with Gasteiger partial charge < -0.3 is 0 Å². The minimum absolute atomic E-state index is 0.322. The van der Waals surface area contributed by atoms with Crippen molar-refractivity contribution in [2.24, 2.45) is 5.10 Å². The Balaban J connectivity index is 2.06. The molecule has 2 aromatic carbocycles. The van der Waals surface area contributed by atoms with Crippen LogP contribution in [0.1, 0.15) is 15.9 Å². The first-order valence-electron chi connectivity index (χ1n) is 5.51. The van der Waals surface area contributed by atoms with Crippen molar-refractivity contribution in [2.45, 2.75) is 0 Å². The number of benzene rings is 2. The van der Waals surface area contributed by atoms with E-state index in [2.05, 4.69) is 33.1 Å². The fourth-order valence-electron chi connectivity index (χ4n) is 1.45. The van der Waals surface area contributed by atoms with Crippen LogP contribution in [-0.2, 0) is 0 Å². The highest BCUT2D eigenvalue weighted by Gasteiger charge is 2.07. The first kappa shape index (κ1) is 13.7. The molecule has 2 aromatic rings. The molecule has 0 heterocycles. The van der Waals surface area contributed by atoms with Crippen LogP contribution in [0.25, 0.3) is 0 Å². The van der Waals surface area contributed by atoms with Gasteiger partial charge in [0.05, 0.1) is 11.8 Å². The van der Waals surface area contributed by atoms with Gasteiger partial charge >= 0.3 is 0 Å². The second kappa shape index (κ2) is 6.42. The van der Waals surface area contributed by atoms with Crippen LogP contribution in [0.3, 0.4) is 0 Å². The summed E-state index contributed by atoms with van der Waals surface area (Å²) in [6.07, 6.45) is 1.28. The molecule has 0 radical (unpaired) electrons. The van der Waals surface area contributed by atoms with Crippen LogP contribution in [0.4, 0.5) is 4.39 Å². The number of hydrogen-bond donors (Lipinski definition) is 1. The third-order valence-electron chi connectivity index (χ3n) is 2.39. The van der Waals surface area contributed by atoms with Gasteiger partial charge in [-0.3, -0.25) is 4.79 Å². The molecule has 0 aliphatic rings. The summed E-state index contributed by atoms with van der Waals surface area (Å²) >= 11 is 2.07. The predicted octanol–water partition coefficient (Wildman–Crippen LogP) is 3.19. The van der Waals surface area contributed by atoms with Gasteiger partial charge in [0.2, 0.25) is 0 Å². The molecule has 0 aliphatic carbocycles. The molecule has 0 aliphatic heterocycles. The number of hydrogen-bond acceptors (Lipinski definition) is 2. The van der Waals surface area contributed by atoms with Gasteiger partial charge in [-0.15, -0.1) is 0 Å². The zero-order chi connectivity index (χ0) is 13.7. The molecule has 0 aromatic heterocycles. The van der Waals surface area contributed by atoms with E-state index in [1.54, 1.807) is 30.3 Å². The number of rotatable bonds is 3. The van der Waals surface area contributed by atoms with E-state index in [-0.39, 0.29) is 11.7 Å². The van der Waals surface area contributed by atoms with Gasteiger partial charge in [0.15, 0.2) is 0 Å². The van der Waals surface area contributed by atoms with Crippen LogP contribution in [0, 0.1) is 9.39 Å². The summed E-state index contributed by atoms with van der Waals surface area (Å²) in [4.78, 5) is 11.8. The van der Waals surface area contributed by atoms with Gasteiger partial charge in [0, 0.05) is 9.13 Å². The van der Waals surface area contributed by atoms with Crippen molar-refractivity contribution < 1.29 is 9.18 Å². The maximum absolute atomic E-state index is 13.3. The fourth-order valence-corrected chi connectivity index (χ4v) is 2.08. The Hall–Kier alpha value is -1.76. The molecule has 19 heavy (non-hydrogen) atoms. The average Bonchev–Trinajstić information content (AvgIpc) is 2.41. The lowest BCUT2D eigenvalue weighted by atomic mass is 10.2. The number of halogens is 2. The normalized spacial score (nSPS) is 10.6. The molecule has 96 valence electrons. The topological polar surface area (TPSA) is 41.5 Å². The highest BCUT2D eigenvalue weighted by atomic mass is 127. The lowest BCUT2D eigenvalue weighted by Crippen LogP contribution is -2.18. The van der Waals surface area contributed by atoms with Crippen molar-refractivity contribution in [3.63, 3.8) is 0 Å². The molecule has 0 saturated carbocycles. The Bertz CT molecular complexity index is 628. The van der Waals surface area contributed by atoms with Crippen LogP contribution < -0.4 is 5.43 Å². The van der Waals surface area contributed by atoms with E-state index in [9.17, 15) is 9.18 Å². The third kappa shape index (κ3) is 3.60. The summed E-state index contributed by atoms with van der Waals surface area (Å²) in [6, 6.07) is 13.4. The van der Waals surface area contributed by atoms with E-state index in [1.165, 1.54) is 12.3 Å². The Morgan fingerprint density at radius 1 is 1.16 bits per heavy atom. The average molecular weight is 368 g/mol. The number of amides is 1. The molecule has 5 heteroatoms. The van der Waals surface area contributed by atoms with E-state index in [4.69, 9.17) is 0 Å². The van der Waals surface area contributed by atoms with E-state index in [1.807, 2.05) is 12.1 Å². The summed E-state index contributed by atoms with van der Waals surface area (Å²) in [5.74, 6) is -0.702. The molecule has 0 saturated heterocycles. The van der Waals surface area contributed by atoms with Gasteiger partial charge in [-0.1, -0.05) is 30.3 Å². The summed E-state index contributed by atoms with van der Waals surface area (Å²) < 4.78 is 14.1. The Morgan fingerprint density at radius 3 is 2.58 bits per heavy atom. The summed E-state index contributed by atoms with van der Waals surface area (Å²) in [6.45, 7) is 0. The van der Waals surface area contributed by atoms with Gasteiger partial charge in [-0.2, -0.15) is 5.10 Å². The van der Waals surface area contributed by atoms with Gasteiger partial charge in [-0.25, -0.2) is 9.82 Å². The summed E-state index contributed by atoms with van der Waals surface area (Å²) in [5, 5.41) is 3.75. The smallest absolute Gasteiger partial charge is 0.267 e. The first-order chi connectivity index (χ1) is 9.18. The Morgan fingerprint density at radius 2 is 1.84 bits per heavy atom.